The van der Waals surface area contributed by atoms with Crippen LogP contribution in [0, 0.1) is 5.92 Å². The van der Waals surface area contributed by atoms with Crippen molar-refractivity contribution in [2.75, 3.05) is 26.8 Å². The summed E-state index contributed by atoms with van der Waals surface area (Å²) < 4.78 is 5.25. The standard InChI is InChI=1S/C15H28N2O3/c1-12(3-4-13-5-6-13)16-14(18)17(2)11-15(19)7-9-20-10-8-15/h12-13,19H,3-11H2,1-2H3,(H,16,18). The maximum atomic E-state index is 12.1. The molecule has 1 unspecified atom stereocenters. The van der Waals surface area contributed by atoms with Crippen LogP contribution >= 0.6 is 0 Å². The van der Waals surface area contributed by atoms with Crippen LogP contribution in [0.15, 0.2) is 0 Å². The second-order valence-corrected chi connectivity index (χ2v) is 6.56. The van der Waals surface area contributed by atoms with Gasteiger partial charge in [-0.15, -0.1) is 0 Å². The van der Waals surface area contributed by atoms with Crippen molar-refractivity contribution >= 4 is 6.03 Å². The zero-order chi connectivity index (χ0) is 14.6. The van der Waals surface area contributed by atoms with Crippen LogP contribution in [0.2, 0.25) is 0 Å². The Bertz CT molecular complexity index is 325. The van der Waals surface area contributed by atoms with E-state index >= 15 is 0 Å². The van der Waals surface area contributed by atoms with Crippen molar-refractivity contribution in [3.63, 3.8) is 0 Å². The number of nitrogens with zero attached hydrogens (tertiary/aromatic N) is 1. The van der Waals surface area contributed by atoms with Gasteiger partial charge in [0.2, 0.25) is 0 Å². The Hall–Kier alpha value is -0.810. The highest BCUT2D eigenvalue weighted by molar-refractivity contribution is 5.74. The molecular formula is C15H28N2O3. The van der Waals surface area contributed by atoms with E-state index in [2.05, 4.69) is 12.2 Å². The molecule has 1 heterocycles. The van der Waals surface area contributed by atoms with E-state index in [1.165, 1.54) is 19.3 Å². The molecule has 0 spiro atoms. The Balaban J connectivity index is 1.69. The van der Waals surface area contributed by atoms with Crippen molar-refractivity contribution in [3.8, 4) is 0 Å². The number of aliphatic hydroxyl groups is 1. The van der Waals surface area contributed by atoms with Crippen LogP contribution in [0.3, 0.4) is 0 Å². The van der Waals surface area contributed by atoms with E-state index in [9.17, 15) is 9.90 Å². The fraction of sp³-hybridized carbons (Fsp3) is 0.933. The predicted molar refractivity (Wildman–Crippen MR) is 77.6 cm³/mol. The Morgan fingerprint density at radius 1 is 1.45 bits per heavy atom. The molecule has 1 aliphatic heterocycles. The molecule has 5 nitrogen and oxygen atoms in total. The predicted octanol–water partition coefficient (Wildman–Crippen LogP) is 1.75. The Labute approximate surface area is 121 Å². The lowest BCUT2D eigenvalue weighted by Crippen LogP contribution is -2.51. The second-order valence-electron chi connectivity index (χ2n) is 6.56. The van der Waals surface area contributed by atoms with Crippen molar-refractivity contribution in [2.24, 2.45) is 5.92 Å². The molecule has 0 aromatic carbocycles. The van der Waals surface area contributed by atoms with E-state index in [1.54, 1.807) is 11.9 Å². The molecule has 1 saturated heterocycles. The van der Waals surface area contributed by atoms with E-state index < -0.39 is 5.60 Å². The van der Waals surface area contributed by atoms with E-state index in [1.807, 2.05) is 0 Å². The minimum atomic E-state index is -0.790. The van der Waals surface area contributed by atoms with Gasteiger partial charge in [0.25, 0.3) is 0 Å². The molecule has 0 aromatic heterocycles. The molecule has 1 aliphatic carbocycles. The van der Waals surface area contributed by atoms with Crippen LogP contribution in [0.1, 0.15) is 45.4 Å². The fourth-order valence-electron chi connectivity index (χ4n) is 2.71. The van der Waals surface area contributed by atoms with Crippen LogP contribution in [-0.4, -0.2) is 54.5 Å². The van der Waals surface area contributed by atoms with E-state index in [-0.39, 0.29) is 12.1 Å². The first-order valence-electron chi connectivity index (χ1n) is 7.80. The summed E-state index contributed by atoms with van der Waals surface area (Å²) in [7, 11) is 1.75. The third kappa shape index (κ3) is 4.94. The molecule has 0 bridgehead atoms. The number of carbonyl (C=O) groups excluding carboxylic acids is 1. The van der Waals surface area contributed by atoms with Crippen molar-refractivity contribution in [2.45, 2.75) is 57.1 Å². The molecule has 2 amide bonds. The highest BCUT2D eigenvalue weighted by Gasteiger charge is 2.32. The fourth-order valence-corrected chi connectivity index (χ4v) is 2.71. The quantitative estimate of drug-likeness (QED) is 0.781. The lowest BCUT2D eigenvalue weighted by atomic mass is 9.94. The number of rotatable bonds is 6. The van der Waals surface area contributed by atoms with E-state index in [0.717, 1.165) is 12.3 Å². The number of carbonyl (C=O) groups is 1. The SMILES string of the molecule is CC(CCC1CC1)NC(=O)N(C)CC1(O)CCOCC1. The molecule has 0 aromatic rings. The zero-order valence-corrected chi connectivity index (χ0v) is 12.7. The summed E-state index contributed by atoms with van der Waals surface area (Å²) >= 11 is 0. The van der Waals surface area contributed by atoms with Crippen molar-refractivity contribution in [1.82, 2.24) is 10.2 Å². The first-order valence-corrected chi connectivity index (χ1v) is 7.80. The lowest BCUT2D eigenvalue weighted by Gasteiger charge is -2.35. The molecule has 1 atom stereocenters. The van der Waals surface area contributed by atoms with Gasteiger partial charge in [-0.25, -0.2) is 4.79 Å². The number of nitrogens with one attached hydrogen (secondary N) is 1. The molecule has 2 aliphatic rings. The Kier molecular flexibility index (Phi) is 5.27. The summed E-state index contributed by atoms with van der Waals surface area (Å²) in [6.45, 7) is 3.57. The topological polar surface area (TPSA) is 61.8 Å². The van der Waals surface area contributed by atoms with E-state index in [0.29, 0.717) is 32.6 Å². The third-order valence-corrected chi connectivity index (χ3v) is 4.38. The number of likely N-dealkylation sites (N-methyl/N-ethyl adjacent to an activating group) is 1. The van der Waals surface area contributed by atoms with Crippen molar-refractivity contribution < 1.29 is 14.6 Å². The van der Waals surface area contributed by atoms with Gasteiger partial charge in [0.05, 0.1) is 12.1 Å². The molecule has 1 saturated carbocycles. The van der Waals surface area contributed by atoms with Crippen molar-refractivity contribution in [1.29, 1.82) is 0 Å². The molecular weight excluding hydrogens is 256 g/mol. The van der Waals surface area contributed by atoms with Gasteiger partial charge in [0, 0.05) is 39.1 Å². The average Bonchev–Trinajstić information content (AvgIpc) is 3.20. The number of ether oxygens (including phenoxy) is 1. The van der Waals surface area contributed by atoms with Gasteiger partial charge in [-0.2, -0.15) is 0 Å². The summed E-state index contributed by atoms with van der Waals surface area (Å²) in [6.07, 6.45) is 6.17. The summed E-state index contributed by atoms with van der Waals surface area (Å²) in [5.74, 6) is 0.898. The average molecular weight is 284 g/mol. The van der Waals surface area contributed by atoms with Gasteiger partial charge >= 0.3 is 6.03 Å². The second kappa shape index (κ2) is 6.76. The highest BCUT2D eigenvalue weighted by Crippen LogP contribution is 2.33. The number of amides is 2. The third-order valence-electron chi connectivity index (χ3n) is 4.38. The summed E-state index contributed by atoms with van der Waals surface area (Å²) in [6, 6.07) is 0.114. The summed E-state index contributed by atoms with van der Waals surface area (Å²) in [5.41, 5.74) is -0.790. The summed E-state index contributed by atoms with van der Waals surface area (Å²) in [4.78, 5) is 13.7. The maximum absolute atomic E-state index is 12.1. The van der Waals surface area contributed by atoms with Crippen LogP contribution in [-0.2, 0) is 4.74 Å². The first kappa shape index (κ1) is 15.6. The molecule has 2 N–H and O–H groups in total. The minimum Gasteiger partial charge on any atom is -0.388 e. The van der Waals surface area contributed by atoms with Crippen LogP contribution in [0.4, 0.5) is 4.79 Å². The van der Waals surface area contributed by atoms with Crippen LogP contribution in [0.5, 0.6) is 0 Å². The van der Waals surface area contributed by atoms with Gasteiger partial charge in [-0.3, -0.25) is 0 Å². The Morgan fingerprint density at radius 2 is 2.10 bits per heavy atom. The highest BCUT2D eigenvalue weighted by atomic mass is 16.5. The number of hydrogen-bond acceptors (Lipinski definition) is 3. The van der Waals surface area contributed by atoms with Crippen molar-refractivity contribution in [3.05, 3.63) is 0 Å². The van der Waals surface area contributed by atoms with Crippen LogP contribution < -0.4 is 5.32 Å². The van der Waals surface area contributed by atoms with Gasteiger partial charge < -0.3 is 20.1 Å². The molecule has 2 fully saturated rings. The zero-order valence-electron chi connectivity index (χ0n) is 12.7. The Morgan fingerprint density at radius 3 is 2.70 bits per heavy atom. The van der Waals surface area contributed by atoms with Gasteiger partial charge in [-0.05, 0) is 25.7 Å². The van der Waals surface area contributed by atoms with Gasteiger partial charge in [0.1, 0.15) is 0 Å². The smallest absolute Gasteiger partial charge is 0.317 e. The molecule has 5 heteroatoms. The molecule has 20 heavy (non-hydrogen) atoms. The number of hydrogen-bond donors (Lipinski definition) is 2. The molecule has 116 valence electrons. The largest absolute Gasteiger partial charge is 0.388 e. The normalized spacial score (nSPS) is 23.1. The number of urea groups is 1. The van der Waals surface area contributed by atoms with Gasteiger partial charge in [0.15, 0.2) is 0 Å². The monoisotopic (exact) mass is 284 g/mol. The molecule has 2 rings (SSSR count). The first-order chi connectivity index (χ1) is 9.48. The van der Waals surface area contributed by atoms with Gasteiger partial charge in [-0.1, -0.05) is 12.8 Å². The summed E-state index contributed by atoms with van der Waals surface area (Å²) in [5, 5.41) is 13.4. The van der Waals surface area contributed by atoms with E-state index in [4.69, 9.17) is 4.74 Å². The molecule has 0 radical (unpaired) electrons. The minimum absolute atomic E-state index is 0.0896. The maximum Gasteiger partial charge on any atom is 0.317 e. The lowest BCUT2D eigenvalue weighted by molar-refractivity contribution is -0.0723. The van der Waals surface area contributed by atoms with Crippen LogP contribution in [0.25, 0.3) is 0 Å².